The van der Waals surface area contributed by atoms with E-state index < -0.39 is 16.0 Å². The second kappa shape index (κ2) is 6.25. The second-order valence-electron chi connectivity index (χ2n) is 5.34. The molecule has 0 saturated carbocycles. The molecule has 0 aliphatic carbocycles. The molecule has 0 spiro atoms. The van der Waals surface area contributed by atoms with Crippen LogP contribution in [0, 0.1) is 5.95 Å². The average molecular weight is 340 g/mol. The summed E-state index contributed by atoms with van der Waals surface area (Å²) in [5, 5.41) is 0.0312. The number of nitrogens with zero attached hydrogens (tertiary/aromatic N) is 4. The largest absolute Gasteiger partial charge is 0.474 e. The Morgan fingerprint density at radius 3 is 2.65 bits per heavy atom. The Hall–Kier alpha value is -2.00. The van der Waals surface area contributed by atoms with Crippen LogP contribution in [-0.2, 0) is 17.1 Å². The molecular weight excluding hydrogens is 323 g/mol. The minimum atomic E-state index is -3.60. The number of imidazole rings is 1. The van der Waals surface area contributed by atoms with E-state index in [0.29, 0.717) is 25.9 Å². The summed E-state index contributed by atoms with van der Waals surface area (Å²) in [5.74, 6) is -0.382. The van der Waals surface area contributed by atoms with Crippen molar-refractivity contribution in [3.05, 3.63) is 36.5 Å². The lowest BCUT2D eigenvalue weighted by Gasteiger charge is -2.30. The molecule has 1 fully saturated rings. The van der Waals surface area contributed by atoms with E-state index in [9.17, 15) is 12.8 Å². The number of pyridine rings is 1. The number of hydrogen-bond acceptors (Lipinski definition) is 5. The molecule has 2 aromatic rings. The van der Waals surface area contributed by atoms with Gasteiger partial charge in [0.2, 0.25) is 17.0 Å². The number of aromatic nitrogens is 3. The summed E-state index contributed by atoms with van der Waals surface area (Å²) < 4.78 is 46.6. The van der Waals surface area contributed by atoms with E-state index in [1.54, 1.807) is 19.3 Å². The molecule has 0 bridgehead atoms. The van der Waals surface area contributed by atoms with Gasteiger partial charge in [0, 0.05) is 38.6 Å². The SMILES string of the molecule is Cn1ccnc1S(=O)(=O)N1CCC(Oc2cccc(F)n2)CC1. The molecule has 0 atom stereocenters. The summed E-state index contributed by atoms with van der Waals surface area (Å²) in [4.78, 5) is 7.56. The third-order valence-electron chi connectivity index (χ3n) is 3.73. The van der Waals surface area contributed by atoms with Crippen molar-refractivity contribution < 1.29 is 17.5 Å². The average Bonchev–Trinajstić information content (AvgIpc) is 2.95. The maximum Gasteiger partial charge on any atom is 0.277 e. The maximum absolute atomic E-state index is 13.0. The van der Waals surface area contributed by atoms with Gasteiger partial charge >= 0.3 is 0 Å². The van der Waals surface area contributed by atoms with Gasteiger partial charge in [-0.25, -0.2) is 13.4 Å². The van der Waals surface area contributed by atoms with Crippen LogP contribution in [0.3, 0.4) is 0 Å². The summed E-state index contributed by atoms with van der Waals surface area (Å²) in [6.45, 7) is 0.657. The predicted molar refractivity (Wildman–Crippen MR) is 79.8 cm³/mol. The first-order valence-electron chi connectivity index (χ1n) is 7.23. The molecule has 1 aliphatic heterocycles. The Morgan fingerprint density at radius 1 is 1.30 bits per heavy atom. The van der Waals surface area contributed by atoms with E-state index in [1.165, 1.54) is 27.2 Å². The summed E-state index contributed by atoms with van der Waals surface area (Å²) in [6, 6.07) is 4.35. The molecule has 0 aromatic carbocycles. The Kier molecular flexibility index (Phi) is 4.31. The van der Waals surface area contributed by atoms with E-state index in [0.717, 1.165) is 0 Å². The quantitative estimate of drug-likeness (QED) is 0.781. The molecule has 1 aliphatic rings. The summed E-state index contributed by atoms with van der Waals surface area (Å²) >= 11 is 0. The number of hydrogen-bond donors (Lipinski definition) is 0. The summed E-state index contributed by atoms with van der Waals surface area (Å²) in [7, 11) is -1.95. The first kappa shape index (κ1) is 15.9. The molecule has 1 saturated heterocycles. The smallest absolute Gasteiger partial charge is 0.277 e. The van der Waals surface area contributed by atoms with Crippen molar-refractivity contribution >= 4 is 10.0 Å². The number of ether oxygens (including phenoxy) is 1. The van der Waals surface area contributed by atoms with Crippen LogP contribution in [0.4, 0.5) is 4.39 Å². The van der Waals surface area contributed by atoms with E-state index in [-0.39, 0.29) is 17.1 Å². The van der Waals surface area contributed by atoms with Crippen molar-refractivity contribution in [1.82, 2.24) is 18.8 Å². The monoisotopic (exact) mass is 340 g/mol. The topological polar surface area (TPSA) is 77.3 Å². The molecular formula is C14H17FN4O3S. The van der Waals surface area contributed by atoms with Crippen molar-refractivity contribution in [1.29, 1.82) is 0 Å². The van der Waals surface area contributed by atoms with Crippen LogP contribution < -0.4 is 4.74 Å². The van der Waals surface area contributed by atoms with Crippen molar-refractivity contribution in [2.24, 2.45) is 7.05 Å². The molecule has 0 N–H and O–H groups in total. The molecule has 9 heteroatoms. The van der Waals surface area contributed by atoms with Crippen LogP contribution in [0.1, 0.15) is 12.8 Å². The predicted octanol–water partition coefficient (Wildman–Crippen LogP) is 1.19. The Balaban J connectivity index is 1.63. The number of rotatable bonds is 4. The van der Waals surface area contributed by atoms with Gasteiger partial charge in [0.1, 0.15) is 6.10 Å². The number of halogens is 1. The first-order valence-corrected chi connectivity index (χ1v) is 8.67. The third-order valence-corrected chi connectivity index (χ3v) is 5.63. The van der Waals surface area contributed by atoms with Gasteiger partial charge in [-0.3, -0.25) is 0 Å². The highest BCUT2D eigenvalue weighted by Gasteiger charge is 2.32. The maximum atomic E-state index is 13.0. The molecule has 3 heterocycles. The zero-order valence-electron chi connectivity index (χ0n) is 12.6. The molecule has 0 amide bonds. The van der Waals surface area contributed by atoms with Gasteiger partial charge in [-0.05, 0) is 18.9 Å². The van der Waals surface area contributed by atoms with Gasteiger partial charge in [0.15, 0.2) is 0 Å². The Morgan fingerprint density at radius 2 is 2.04 bits per heavy atom. The van der Waals surface area contributed by atoms with E-state index in [2.05, 4.69) is 9.97 Å². The van der Waals surface area contributed by atoms with Crippen molar-refractivity contribution in [2.75, 3.05) is 13.1 Å². The first-order chi connectivity index (χ1) is 11.0. The van der Waals surface area contributed by atoms with Gasteiger partial charge in [-0.1, -0.05) is 6.07 Å². The van der Waals surface area contributed by atoms with Crippen LogP contribution in [0.5, 0.6) is 5.88 Å². The number of piperidine rings is 1. The number of aryl methyl sites for hydroxylation is 1. The Labute approximate surface area is 133 Å². The third kappa shape index (κ3) is 3.35. The van der Waals surface area contributed by atoms with Crippen LogP contribution in [-0.4, -0.2) is 46.5 Å². The highest BCUT2D eigenvalue weighted by Crippen LogP contribution is 2.22. The van der Waals surface area contributed by atoms with Crippen molar-refractivity contribution in [3.8, 4) is 5.88 Å². The molecule has 0 radical (unpaired) electrons. The van der Waals surface area contributed by atoms with Gasteiger partial charge in [-0.15, -0.1) is 0 Å². The van der Waals surface area contributed by atoms with Gasteiger partial charge in [0.25, 0.3) is 10.0 Å². The minimum absolute atomic E-state index is 0.0312. The summed E-state index contributed by atoms with van der Waals surface area (Å²) in [5.41, 5.74) is 0. The second-order valence-corrected chi connectivity index (χ2v) is 7.17. The minimum Gasteiger partial charge on any atom is -0.474 e. The van der Waals surface area contributed by atoms with Crippen LogP contribution in [0.25, 0.3) is 0 Å². The standard InChI is InChI=1S/C14H17FN4O3S/c1-18-10-7-16-14(18)23(20,21)19-8-5-11(6-9-19)22-13-4-2-3-12(15)17-13/h2-4,7,10-11H,5-6,8-9H2,1H3. The van der Waals surface area contributed by atoms with E-state index in [1.807, 2.05) is 0 Å². The lowest BCUT2D eigenvalue weighted by molar-refractivity contribution is 0.128. The van der Waals surface area contributed by atoms with E-state index >= 15 is 0 Å². The molecule has 3 rings (SSSR count). The normalized spacial score (nSPS) is 17.3. The van der Waals surface area contributed by atoms with E-state index in [4.69, 9.17) is 4.74 Å². The zero-order valence-corrected chi connectivity index (χ0v) is 13.4. The zero-order chi connectivity index (χ0) is 16.4. The van der Waals surface area contributed by atoms with Crippen molar-refractivity contribution in [2.45, 2.75) is 24.1 Å². The summed E-state index contributed by atoms with van der Waals surface area (Å²) in [6.07, 6.45) is 3.90. The van der Waals surface area contributed by atoms with Crippen molar-refractivity contribution in [3.63, 3.8) is 0 Å². The Bertz CT molecular complexity index is 785. The van der Waals surface area contributed by atoms with Gasteiger partial charge in [-0.2, -0.15) is 13.7 Å². The fourth-order valence-electron chi connectivity index (χ4n) is 2.53. The molecule has 2 aromatic heterocycles. The van der Waals surface area contributed by atoms with Gasteiger partial charge in [0.05, 0.1) is 0 Å². The van der Waals surface area contributed by atoms with Crippen LogP contribution >= 0.6 is 0 Å². The number of sulfonamides is 1. The lowest BCUT2D eigenvalue weighted by Crippen LogP contribution is -2.42. The molecule has 124 valence electrons. The fraction of sp³-hybridized carbons (Fsp3) is 0.429. The molecule has 7 nitrogen and oxygen atoms in total. The fourth-order valence-corrected chi connectivity index (χ4v) is 4.07. The highest BCUT2D eigenvalue weighted by atomic mass is 32.2. The molecule has 0 unspecified atom stereocenters. The lowest BCUT2D eigenvalue weighted by atomic mass is 10.1. The highest BCUT2D eigenvalue weighted by molar-refractivity contribution is 7.89. The van der Waals surface area contributed by atoms with Gasteiger partial charge < -0.3 is 9.30 Å². The molecule has 23 heavy (non-hydrogen) atoms. The van der Waals surface area contributed by atoms with Crippen LogP contribution in [0.2, 0.25) is 0 Å². The van der Waals surface area contributed by atoms with Crippen LogP contribution in [0.15, 0.2) is 35.7 Å².